The van der Waals surface area contributed by atoms with Gasteiger partial charge in [0.15, 0.2) is 0 Å². The second kappa shape index (κ2) is 6.21. The fraction of sp³-hybridized carbons (Fsp3) is 0.571. The maximum atomic E-state index is 6.27. The van der Waals surface area contributed by atoms with E-state index in [0.29, 0.717) is 6.04 Å². The summed E-state index contributed by atoms with van der Waals surface area (Å²) in [5, 5.41) is 4.38. The van der Waals surface area contributed by atoms with Gasteiger partial charge in [-0.2, -0.15) is 0 Å². The lowest BCUT2D eigenvalue weighted by molar-refractivity contribution is 0.270. The quantitative estimate of drug-likeness (QED) is 0.850. The van der Waals surface area contributed by atoms with Gasteiger partial charge in [-0.05, 0) is 36.1 Å². The Labute approximate surface area is 118 Å². The molecule has 1 N–H and O–H groups in total. The maximum Gasteiger partial charge on any atom is 0.0449 e. The summed E-state index contributed by atoms with van der Waals surface area (Å²) in [4.78, 5) is 0. The highest BCUT2D eigenvalue weighted by molar-refractivity contribution is 9.10. The molecule has 3 heteroatoms. The summed E-state index contributed by atoms with van der Waals surface area (Å²) in [5.74, 6) is 0. The van der Waals surface area contributed by atoms with Crippen molar-refractivity contribution in [2.45, 2.75) is 40.2 Å². The lowest BCUT2D eigenvalue weighted by Gasteiger charge is -2.31. The second-order valence-corrected chi connectivity index (χ2v) is 6.74. The number of rotatable bonds is 4. The van der Waals surface area contributed by atoms with E-state index in [1.54, 1.807) is 0 Å². The van der Waals surface area contributed by atoms with E-state index < -0.39 is 0 Å². The van der Waals surface area contributed by atoms with Crippen LogP contribution in [0.1, 0.15) is 33.3 Å². The normalized spacial score (nSPS) is 13.8. The lowest BCUT2D eigenvalue weighted by Crippen LogP contribution is -2.41. The summed E-state index contributed by atoms with van der Waals surface area (Å²) in [6.07, 6.45) is 0.962. The Kier molecular flexibility index (Phi) is 5.49. The zero-order valence-electron chi connectivity index (χ0n) is 11.0. The van der Waals surface area contributed by atoms with Crippen LogP contribution in [0.5, 0.6) is 0 Å². The highest BCUT2D eigenvalue weighted by Crippen LogP contribution is 2.27. The number of hydrogen-bond acceptors (Lipinski definition) is 1. The van der Waals surface area contributed by atoms with Gasteiger partial charge in [-0.25, -0.2) is 0 Å². The van der Waals surface area contributed by atoms with Gasteiger partial charge in [0.05, 0.1) is 0 Å². The zero-order chi connectivity index (χ0) is 13.1. The smallest absolute Gasteiger partial charge is 0.0449 e. The van der Waals surface area contributed by atoms with Crippen molar-refractivity contribution >= 4 is 27.5 Å². The standard InChI is InChI=1S/C14H21BrClN/c1-5-17-13(14(2,3)4)8-10-6-7-11(15)9-12(10)16/h6-7,9,13,17H,5,8H2,1-4H3. The topological polar surface area (TPSA) is 12.0 Å². The summed E-state index contributed by atoms with van der Waals surface area (Å²) in [7, 11) is 0. The predicted molar refractivity (Wildman–Crippen MR) is 79.8 cm³/mol. The van der Waals surface area contributed by atoms with Gasteiger partial charge >= 0.3 is 0 Å². The molecular formula is C14H21BrClN. The monoisotopic (exact) mass is 317 g/mol. The molecule has 0 aliphatic heterocycles. The average Bonchev–Trinajstić information content (AvgIpc) is 2.19. The van der Waals surface area contributed by atoms with Crippen molar-refractivity contribution in [2.24, 2.45) is 5.41 Å². The molecule has 17 heavy (non-hydrogen) atoms. The van der Waals surface area contributed by atoms with Gasteiger partial charge in [0.25, 0.3) is 0 Å². The van der Waals surface area contributed by atoms with E-state index in [1.807, 2.05) is 12.1 Å². The first-order valence-corrected chi connectivity index (χ1v) is 7.19. The van der Waals surface area contributed by atoms with Gasteiger partial charge in [0, 0.05) is 15.5 Å². The third-order valence-electron chi connectivity index (χ3n) is 2.94. The number of halogens is 2. The second-order valence-electron chi connectivity index (χ2n) is 5.42. The van der Waals surface area contributed by atoms with Gasteiger partial charge in [-0.1, -0.05) is 61.3 Å². The minimum absolute atomic E-state index is 0.229. The summed E-state index contributed by atoms with van der Waals surface area (Å²) < 4.78 is 1.03. The third kappa shape index (κ3) is 4.61. The number of benzene rings is 1. The van der Waals surface area contributed by atoms with Crippen LogP contribution < -0.4 is 5.32 Å². The SMILES string of the molecule is CCNC(Cc1ccc(Br)cc1Cl)C(C)(C)C. The Morgan fingerprint density at radius 2 is 2.00 bits per heavy atom. The van der Waals surface area contributed by atoms with Crippen molar-refractivity contribution in [1.82, 2.24) is 5.32 Å². The Bertz CT molecular complexity index is 371. The number of likely N-dealkylation sites (N-methyl/N-ethyl adjacent to an activating group) is 1. The van der Waals surface area contributed by atoms with E-state index in [4.69, 9.17) is 11.6 Å². The van der Waals surface area contributed by atoms with E-state index in [2.05, 4.69) is 55.0 Å². The minimum Gasteiger partial charge on any atom is -0.313 e. The molecule has 0 aromatic heterocycles. The molecule has 0 aliphatic rings. The fourth-order valence-corrected chi connectivity index (χ4v) is 2.59. The highest BCUT2D eigenvalue weighted by atomic mass is 79.9. The van der Waals surface area contributed by atoms with Gasteiger partial charge < -0.3 is 5.32 Å². The van der Waals surface area contributed by atoms with Crippen LogP contribution >= 0.6 is 27.5 Å². The molecule has 0 bridgehead atoms. The van der Waals surface area contributed by atoms with E-state index >= 15 is 0 Å². The van der Waals surface area contributed by atoms with Gasteiger partial charge in [-0.15, -0.1) is 0 Å². The average molecular weight is 319 g/mol. The number of hydrogen-bond donors (Lipinski definition) is 1. The molecule has 0 spiro atoms. The van der Waals surface area contributed by atoms with Crippen molar-refractivity contribution in [1.29, 1.82) is 0 Å². The van der Waals surface area contributed by atoms with Gasteiger partial charge in [-0.3, -0.25) is 0 Å². The Hall–Kier alpha value is -0.0500. The molecule has 0 fully saturated rings. The van der Waals surface area contributed by atoms with Crippen molar-refractivity contribution in [3.63, 3.8) is 0 Å². The maximum absolute atomic E-state index is 6.27. The molecule has 0 saturated heterocycles. The van der Waals surface area contributed by atoms with Crippen molar-refractivity contribution < 1.29 is 0 Å². The Morgan fingerprint density at radius 3 is 2.47 bits per heavy atom. The van der Waals surface area contributed by atoms with Crippen LogP contribution in [0.3, 0.4) is 0 Å². The molecule has 1 atom stereocenters. The van der Waals surface area contributed by atoms with Crippen molar-refractivity contribution in [3.05, 3.63) is 33.3 Å². The first-order chi connectivity index (χ1) is 7.84. The van der Waals surface area contributed by atoms with Crippen LogP contribution in [0.15, 0.2) is 22.7 Å². The molecule has 1 rings (SSSR count). The summed E-state index contributed by atoms with van der Waals surface area (Å²) in [6, 6.07) is 6.55. The largest absolute Gasteiger partial charge is 0.313 e. The molecule has 0 amide bonds. The van der Waals surface area contributed by atoms with Crippen molar-refractivity contribution in [2.75, 3.05) is 6.54 Å². The first kappa shape index (κ1) is 15.0. The van der Waals surface area contributed by atoms with E-state index in [-0.39, 0.29) is 5.41 Å². The number of nitrogens with one attached hydrogen (secondary N) is 1. The third-order valence-corrected chi connectivity index (χ3v) is 3.78. The molecule has 96 valence electrons. The van der Waals surface area contributed by atoms with Crippen LogP contribution in [-0.4, -0.2) is 12.6 Å². The molecule has 0 saturated carbocycles. The van der Waals surface area contributed by atoms with Crippen LogP contribution in [0, 0.1) is 5.41 Å². The highest BCUT2D eigenvalue weighted by Gasteiger charge is 2.24. The first-order valence-electron chi connectivity index (χ1n) is 6.02. The molecule has 1 aromatic rings. The van der Waals surface area contributed by atoms with Crippen LogP contribution in [-0.2, 0) is 6.42 Å². The zero-order valence-corrected chi connectivity index (χ0v) is 13.3. The van der Waals surface area contributed by atoms with E-state index in [9.17, 15) is 0 Å². The molecule has 0 aliphatic carbocycles. The molecule has 0 radical (unpaired) electrons. The minimum atomic E-state index is 0.229. The summed E-state index contributed by atoms with van der Waals surface area (Å²) in [5.41, 5.74) is 1.43. The van der Waals surface area contributed by atoms with Crippen molar-refractivity contribution in [3.8, 4) is 0 Å². The molecule has 0 heterocycles. The van der Waals surface area contributed by atoms with Gasteiger partial charge in [0.2, 0.25) is 0 Å². The summed E-state index contributed by atoms with van der Waals surface area (Å²) in [6.45, 7) is 9.89. The molecular weight excluding hydrogens is 298 g/mol. The lowest BCUT2D eigenvalue weighted by atomic mass is 9.83. The Balaban J connectivity index is 2.86. The Morgan fingerprint density at radius 1 is 1.35 bits per heavy atom. The van der Waals surface area contributed by atoms with Crippen LogP contribution in [0.4, 0.5) is 0 Å². The van der Waals surface area contributed by atoms with Gasteiger partial charge in [0.1, 0.15) is 0 Å². The summed E-state index contributed by atoms with van der Waals surface area (Å²) >= 11 is 9.70. The predicted octanol–water partition coefficient (Wildman–Crippen LogP) is 4.67. The molecule has 1 unspecified atom stereocenters. The molecule has 1 nitrogen and oxygen atoms in total. The van der Waals surface area contributed by atoms with E-state index in [1.165, 1.54) is 5.56 Å². The van der Waals surface area contributed by atoms with E-state index in [0.717, 1.165) is 22.5 Å². The van der Waals surface area contributed by atoms with Crippen LogP contribution in [0.25, 0.3) is 0 Å². The van der Waals surface area contributed by atoms with Crippen LogP contribution in [0.2, 0.25) is 5.02 Å². The fourth-order valence-electron chi connectivity index (χ4n) is 1.84. The molecule has 1 aromatic carbocycles.